The molecule has 108 valence electrons. The van der Waals surface area contributed by atoms with Crippen molar-refractivity contribution in [2.75, 3.05) is 33.4 Å². The van der Waals surface area contributed by atoms with Crippen molar-refractivity contribution in [3.8, 4) is 0 Å². The summed E-state index contributed by atoms with van der Waals surface area (Å²) in [5.41, 5.74) is 5.30. The molecule has 6 heteroatoms. The molecular weight excluding hydrogens is 257 g/mol. The van der Waals surface area contributed by atoms with E-state index in [1.807, 2.05) is 11.9 Å². The highest BCUT2D eigenvalue weighted by Gasteiger charge is 2.30. The molecule has 0 amide bonds. The number of nitrogens with zero attached hydrogens (tertiary/aromatic N) is 1. The number of hydrogen-bond donors (Lipinski definition) is 1. The van der Waals surface area contributed by atoms with Gasteiger partial charge in [0, 0.05) is 19.6 Å². The zero-order valence-corrected chi connectivity index (χ0v) is 10.9. The topological polar surface area (TPSA) is 38.5 Å². The van der Waals surface area contributed by atoms with Gasteiger partial charge < -0.3 is 10.5 Å². The zero-order chi connectivity index (χ0) is 14.3. The lowest BCUT2D eigenvalue weighted by molar-refractivity contribution is -0.137. The first-order valence-electron chi connectivity index (χ1n) is 6.06. The van der Waals surface area contributed by atoms with Crippen molar-refractivity contribution in [2.24, 2.45) is 5.73 Å². The summed E-state index contributed by atoms with van der Waals surface area (Å²) in [4.78, 5) is 1.91. The summed E-state index contributed by atoms with van der Waals surface area (Å²) in [5, 5.41) is 0. The fourth-order valence-corrected chi connectivity index (χ4v) is 1.64. The molecule has 2 N–H and O–H groups in total. The monoisotopic (exact) mass is 276 g/mol. The van der Waals surface area contributed by atoms with Crippen LogP contribution < -0.4 is 5.73 Å². The normalized spacial score (nSPS) is 12.1. The molecule has 0 aliphatic rings. The van der Waals surface area contributed by atoms with Gasteiger partial charge in [-0.3, -0.25) is 4.90 Å². The molecule has 0 unspecified atom stereocenters. The van der Waals surface area contributed by atoms with Crippen LogP contribution >= 0.6 is 0 Å². The fraction of sp³-hybridized carbons (Fsp3) is 0.538. The van der Waals surface area contributed by atoms with Crippen LogP contribution in [0.4, 0.5) is 13.2 Å². The molecule has 1 aromatic carbocycles. The van der Waals surface area contributed by atoms with Crippen LogP contribution in [-0.2, 0) is 17.5 Å². The Morgan fingerprint density at radius 2 is 2.00 bits per heavy atom. The quantitative estimate of drug-likeness (QED) is 0.775. The van der Waals surface area contributed by atoms with Gasteiger partial charge in [0.05, 0.1) is 18.8 Å². The van der Waals surface area contributed by atoms with Gasteiger partial charge in [-0.1, -0.05) is 18.2 Å². The minimum absolute atomic E-state index is 0.454. The van der Waals surface area contributed by atoms with Gasteiger partial charge in [-0.2, -0.15) is 13.2 Å². The lowest BCUT2D eigenvalue weighted by Gasteiger charge is -2.17. The van der Waals surface area contributed by atoms with Gasteiger partial charge in [0.25, 0.3) is 0 Å². The maximum atomic E-state index is 12.5. The second kappa shape index (κ2) is 7.47. The Morgan fingerprint density at radius 1 is 1.26 bits per heavy atom. The highest BCUT2D eigenvalue weighted by atomic mass is 19.4. The molecule has 0 aliphatic heterocycles. The van der Waals surface area contributed by atoms with Crippen LogP contribution in [0.3, 0.4) is 0 Å². The highest BCUT2D eigenvalue weighted by molar-refractivity contribution is 5.25. The second-order valence-corrected chi connectivity index (χ2v) is 4.34. The average molecular weight is 276 g/mol. The van der Waals surface area contributed by atoms with Crippen LogP contribution in [0.5, 0.6) is 0 Å². The first-order valence-corrected chi connectivity index (χ1v) is 6.06. The van der Waals surface area contributed by atoms with Crippen molar-refractivity contribution in [2.45, 2.75) is 12.7 Å². The standard InChI is InChI=1S/C13H19F3N2O/c1-18(6-8-19-7-5-17)10-11-3-2-4-12(9-11)13(14,15)16/h2-4,9H,5-8,10,17H2,1H3. The van der Waals surface area contributed by atoms with Gasteiger partial charge in [0.1, 0.15) is 0 Å². The molecule has 0 saturated heterocycles. The van der Waals surface area contributed by atoms with E-state index in [0.29, 0.717) is 38.4 Å². The Labute approximate surface area is 111 Å². The van der Waals surface area contributed by atoms with Crippen molar-refractivity contribution < 1.29 is 17.9 Å². The molecule has 0 radical (unpaired) electrons. The molecule has 1 rings (SSSR count). The first-order chi connectivity index (χ1) is 8.93. The van der Waals surface area contributed by atoms with Crippen molar-refractivity contribution in [3.63, 3.8) is 0 Å². The lowest BCUT2D eigenvalue weighted by Crippen LogP contribution is -2.24. The van der Waals surface area contributed by atoms with Crippen LogP contribution in [0, 0.1) is 0 Å². The molecule has 0 bridgehead atoms. The first kappa shape index (κ1) is 15.9. The Kier molecular flexibility index (Phi) is 6.27. The summed E-state index contributed by atoms with van der Waals surface area (Å²) in [6.45, 7) is 2.59. The Bertz CT molecular complexity index is 382. The molecule has 0 aromatic heterocycles. The Morgan fingerprint density at radius 3 is 2.63 bits per heavy atom. The van der Waals surface area contributed by atoms with E-state index < -0.39 is 11.7 Å². The van der Waals surface area contributed by atoms with E-state index in [9.17, 15) is 13.2 Å². The molecule has 19 heavy (non-hydrogen) atoms. The van der Waals surface area contributed by atoms with Crippen LogP contribution in [0.2, 0.25) is 0 Å². The maximum Gasteiger partial charge on any atom is 0.416 e. The summed E-state index contributed by atoms with van der Waals surface area (Å²) in [6.07, 6.45) is -4.29. The Balaban J connectivity index is 2.48. The summed E-state index contributed by atoms with van der Waals surface area (Å²) >= 11 is 0. The van der Waals surface area contributed by atoms with E-state index in [1.54, 1.807) is 6.07 Å². The summed E-state index contributed by atoms with van der Waals surface area (Å²) in [7, 11) is 1.84. The van der Waals surface area contributed by atoms with Gasteiger partial charge in [-0.25, -0.2) is 0 Å². The summed E-state index contributed by atoms with van der Waals surface area (Å²) < 4.78 is 42.9. The van der Waals surface area contributed by atoms with Crippen molar-refractivity contribution in [3.05, 3.63) is 35.4 Å². The molecule has 0 fully saturated rings. The minimum Gasteiger partial charge on any atom is -0.379 e. The number of ether oxygens (including phenoxy) is 1. The predicted octanol–water partition coefficient (Wildman–Crippen LogP) is 2.11. The molecule has 3 nitrogen and oxygen atoms in total. The highest BCUT2D eigenvalue weighted by Crippen LogP contribution is 2.29. The zero-order valence-electron chi connectivity index (χ0n) is 10.9. The number of alkyl halides is 3. The van der Waals surface area contributed by atoms with E-state index >= 15 is 0 Å². The number of nitrogens with two attached hydrogens (primary N) is 1. The fourth-order valence-electron chi connectivity index (χ4n) is 1.64. The smallest absolute Gasteiger partial charge is 0.379 e. The predicted molar refractivity (Wildman–Crippen MR) is 67.7 cm³/mol. The lowest BCUT2D eigenvalue weighted by atomic mass is 10.1. The van der Waals surface area contributed by atoms with E-state index in [1.165, 1.54) is 12.1 Å². The number of hydrogen-bond acceptors (Lipinski definition) is 3. The molecule has 0 heterocycles. The van der Waals surface area contributed by atoms with Gasteiger partial charge in [-0.05, 0) is 18.7 Å². The van der Waals surface area contributed by atoms with Crippen LogP contribution in [-0.4, -0.2) is 38.3 Å². The average Bonchev–Trinajstić information content (AvgIpc) is 2.34. The third-order valence-electron chi connectivity index (χ3n) is 2.59. The third-order valence-corrected chi connectivity index (χ3v) is 2.59. The SMILES string of the molecule is CN(CCOCCN)Cc1cccc(C(F)(F)F)c1. The van der Waals surface area contributed by atoms with Gasteiger partial charge >= 0.3 is 6.18 Å². The molecule has 0 aliphatic carbocycles. The second-order valence-electron chi connectivity index (χ2n) is 4.34. The van der Waals surface area contributed by atoms with Crippen molar-refractivity contribution in [1.82, 2.24) is 4.90 Å². The summed E-state index contributed by atoms with van der Waals surface area (Å²) in [5.74, 6) is 0. The van der Waals surface area contributed by atoms with Gasteiger partial charge in [0.15, 0.2) is 0 Å². The largest absolute Gasteiger partial charge is 0.416 e. The number of halogens is 3. The van der Waals surface area contributed by atoms with Crippen LogP contribution in [0.25, 0.3) is 0 Å². The minimum atomic E-state index is -4.29. The van der Waals surface area contributed by atoms with Crippen molar-refractivity contribution >= 4 is 0 Å². The summed E-state index contributed by atoms with van der Waals surface area (Å²) in [6, 6.07) is 5.37. The number of rotatable bonds is 7. The molecular formula is C13H19F3N2O. The van der Waals surface area contributed by atoms with Crippen molar-refractivity contribution in [1.29, 1.82) is 0 Å². The van der Waals surface area contributed by atoms with E-state index in [-0.39, 0.29) is 0 Å². The van der Waals surface area contributed by atoms with E-state index in [0.717, 1.165) is 6.07 Å². The van der Waals surface area contributed by atoms with E-state index in [4.69, 9.17) is 10.5 Å². The third kappa shape index (κ3) is 6.04. The Hall–Kier alpha value is -1.11. The van der Waals surface area contributed by atoms with Crippen LogP contribution in [0.1, 0.15) is 11.1 Å². The van der Waals surface area contributed by atoms with Gasteiger partial charge in [-0.15, -0.1) is 0 Å². The molecule has 1 aromatic rings. The number of likely N-dealkylation sites (N-methyl/N-ethyl adjacent to an activating group) is 1. The molecule has 0 spiro atoms. The van der Waals surface area contributed by atoms with Crippen LogP contribution in [0.15, 0.2) is 24.3 Å². The van der Waals surface area contributed by atoms with Gasteiger partial charge in [0.2, 0.25) is 0 Å². The number of benzene rings is 1. The maximum absolute atomic E-state index is 12.5. The molecule has 0 atom stereocenters. The molecule has 0 saturated carbocycles. The van der Waals surface area contributed by atoms with E-state index in [2.05, 4.69) is 0 Å².